The number of fused-ring (bicyclic) bond motifs is 2. The first-order valence-electron chi connectivity index (χ1n) is 23.5. The van der Waals surface area contributed by atoms with Gasteiger partial charge in [-0.2, -0.15) is 0 Å². The van der Waals surface area contributed by atoms with Crippen LogP contribution in [0.3, 0.4) is 0 Å². The van der Waals surface area contributed by atoms with Gasteiger partial charge in [0.2, 0.25) is 0 Å². The van der Waals surface area contributed by atoms with Crippen LogP contribution in [-0.4, -0.2) is 46.5 Å². The maximum atomic E-state index is 15.1. The Morgan fingerprint density at radius 3 is 1.21 bits per heavy atom. The summed E-state index contributed by atoms with van der Waals surface area (Å²) in [5, 5.41) is 10.9. The second-order valence-electron chi connectivity index (χ2n) is 18.1. The van der Waals surface area contributed by atoms with Crippen LogP contribution in [0.2, 0.25) is 0 Å². The SMILES string of the molecule is CCCCC(CC)CN1C(=O)c2ccc3c4c(-c5ccc(-c6cccs6)s5)cc5c6c(ccc(c7c(-c8ccc(-c9cccs9)s8)cc(c2c37)C1=O)c64)C(=O)N(CC(CC)CCCC)C5=O. The van der Waals surface area contributed by atoms with Crippen LogP contribution in [0.25, 0.3) is 83.5 Å². The van der Waals surface area contributed by atoms with Gasteiger partial charge in [-0.15, -0.1) is 45.3 Å². The van der Waals surface area contributed by atoms with E-state index in [2.05, 4.69) is 99.1 Å². The second kappa shape index (κ2) is 17.3. The molecule has 332 valence electrons. The Bertz CT molecular complexity index is 3150. The molecule has 0 bridgehead atoms. The quantitative estimate of drug-likeness (QED) is 0.0549. The minimum absolute atomic E-state index is 0.210. The molecule has 10 heteroatoms. The number of nitrogens with zero attached hydrogens (tertiary/aromatic N) is 2. The molecule has 6 nitrogen and oxygen atoms in total. The molecule has 2 aliphatic rings. The normalized spacial score (nSPS) is 14.9. The fourth-order valence-corrected chi connectivity index (χ4v) is 14.4. The van der Waals surface area contributed by atoms with Crippen LogP contribution in [0.5, 0.6) is 0 Å². The Labute approximate surface area is 400 Å². The van der Waals surface area contributed by atoms with Crippen molar-refractivity contribution in [2.24, 2.45) is 11.8 Å². The van der Waals surface area contributed by atoms with Gasteiger partial charge < -0.3 is 0 Å². The summed E-state index contributed by atoms with van der Waals surface area (Å²) in [6, 6.07) is 29.1. The van der Waals surface area contributed by atoms with Gasteiger partial charge in [-0.05, 0) is 128 Å². The third kappa shape index (κ3) is 6.81. The van der Waals surface area contributed by atoms with E-state index < -0.39 is 0 Å². The Kier molecular flexibility index (Phi) is 11.3. The molecule has 66 heavy (non-hydrogen) atoms. The second-order valence-corrected chi connectivity index (χ2v) is 22.1. The number of carbonyl (C=O) groups is 4. The molecule has 4 amide bonds. The molecule has 11 rings (SSSR count). The van der Waals surface area contributed by atoms with Gasteiger partial charge >= 0.3 is 0 Å². The number of benzene rings is 5. The van der Waals surface area contributed by atoms with Crippen LogP contribution in [0.4, 0.5) is 0 Å². The van der Waals surface area contributed by atoms with Gasteiger partial charge in [0.25, 0.3) is 23.6 Å². The molecule has 0 fully saturated rings. The molecule has 0 spiro atoms. The average Bonchev–Trinajstić information content (AvgIpc) is 4.20. The summed E-state index contributed by atoms with van der Waals surface area (Å²) in [5.41, 5.74) is 3.97. The van der Waals surface area contributed by atoms with E-state index >= 15 is 9.59 Å². The van der Waals surface area contributed by atoms with Crippen LogP contribution >= 0.6 is 45.3 Å². The van der Waals surface area contributed by atoms with Crippen molar-refractivity contribution in [1.82, 2.24) is 9.80 Å². The highest BCUT2D eigenvalue weighted by molar-refractivity contribution is 7.24. The highest BCUT2D eigenvalue weighted by Crippen LogP contribution is 2.54. The van der Waals surface area contributed by atoms with E-state index in [9.17, 15) is 9.59 Å². The summed E-state index contributed by atoms with van der Waals surface area (Å²) < 4.78 is 0. The highest BCUT2D eigenvalue weighted by atomic mass is 32.1. The molecule has 4 aromatic heterocycles. The first-order chi connectivity index (χ1) is 32.2. The predicted octanol–water partition coefficient (Wildman–Crippen LogP) is 16.3. The van der Waals surface area contributed by atoms with Gasteiger partial charge in [-0.25, -0.2) is 0 Å². The molecule has 9 aromatic rings. The molecule has 5 aromatic carbocycles. The van der Waals surface area contributed by atoms with E-state index in [1.807, 2.05) is 24.3 Å². The summed E-state index contributed by atoms with van der Waals surface area (Å²) in [6.45, 7) is 9.42. The molecule has 0 saturated carbocycles. The maximum Gasteiger partial charge on any atom is 0.261 e. The van der Waals surface area contributed by atoms with Crippen molar-refractivity contribution >= 4 is 112 Å². The van der Waals surface area contributed by atoms with E-state index in [1.165, 1.54) is 19.6 Å². The van der Waals surface area contributed by atoms with Crippen molar-refractivity contribution in [2.45, 2.75) is 79.1 Å². The van der Waals surface area contributed by atoms with Crippen LogP contribution in [0.15, 0.2) is 95.7 Å². The largest absolute Gasteiger partial charge is 0.274 e. The lowest BCUT2D eigenvalue weighted by atomic mass is 9.79. The topological polar surface area (TPSA) is 74.8 Å². The zero-order valence-corrected chi connectivity index (χ0v) is 40.9. The lowest BCUT2D eigenvalue weighted by Gasteiger charge is -2.33. The molecular weight excluding hydrogens is 893 g/mol. The van der Waals surface area contributed by atoms with Crippen molar-refractivity contribution in [1.29, 1.82) is 0 Å². The summed E-state index contributed by atoms with van der Waals surface area (Å²) >= 11 is 6.78. The van der Waals surface area contributed by atoms with Crippen molar-refractivity contribution < 1.29 is 19.2 Å². The van der Waals surface area contributed by atoms with E-state index in [0.717, 1.165) is 114 Å². The van der Waals surface area contributed by atoms with E-state index in [0.29, 0.717) is 46.1 Å². The first kappa shape index (κ1) is 43.1. The zero-order valence-electron chi connectivity index (χ0n) is 37.6. The minimum Gasteiger partial charge on any atom is -0.274 e. The maximum absolute atomic E-state index is 15.1. The lowest BCUT2D eigenvalue weighted by molar-refractivity contribution is 0.0565. The highest BCUT2D eigenvalue weighted by Gasteiger charge is 2.40. The first-order valence-corrected chi connectivity index (χ1v) is 26.9. The third-order valence-electron chi connectivity index (χ3n) is 14.2. The molecule has 2 aliphatic heterocycles. The van der Waals surface area contributed by atoms with Crippen molar-refractivity contribution in [3.63, 3.8) is 0 Å². The smallest absolute Gasteiger partial charge is 0.261 e. The van der Waals surface area contributed by atoms with Crippen molar-refractivity contribution in [3.05, 3.63) is 118 Å². The lowest BCUT2D eigenvalue weighted by Crippen LogP contribution is -2.43. The molecule has 2 atom stereocenters. The number of carbonyl (C=O) groups excluding carboxylic acids is 4. The Hall–Kier alpha value is -5.52. The minimum atomic E-state index is -0.252. The standard InChI is InChI=1S/C56H50N2O4S4/c1-5-9-13-31(7-3)29-57-53(59)35-19-17-33-48-38(42-22-24-46(66-42)44-16-12-26-64-44)28-40-50-36(54(60)58(56(40)62)30-32(8-4)14-10-6-2)20-18-34(52(48)50)47-37(27-39(55(57)61)49(35)51(33)47)41-21-23-45(65-41)43-15-11-25-63-43/h11-12,15-28,31-32H,5-10,13-14,29-30H2,1-4H3. The van der Waals surface area contributed by atoms with E-state index in [1.54, 1.807) is 45.3 Å². The molecule has 6 heterocycles. The number of amides is 4. The van der Waals surface area contributed by atoms with E-state index in [-0.39, 0.29) is 35.5 Å². The zero-order chi connectivity index (χ0) is 45.4. The number of hydrogen-bond acceptors (Lipinski definition) is 8. The van der Waals surface area contributed by atoms with Gasteiger partial charge in [-0.1, -0.05) is 90.5 Å². The fraction of sp³-hybridized carbons (Fsp3) is 0.286. The average molecular weight is 943 g/mol. The number of thiophene rings is 4. The van der Waals surface area contributed by atoms with Crippen LogP contribution in [0, 0.1) is 11.8 Å². The van der Waals surface area contributed by atoms with Crippen LogP contribution in [-0.2, 0) is 0 Å². The molecular formula is C56H50N2O4S4. The van der Waals surface area contributed by atoms with Crippen molar-refractivity contribution in [2.75, 3.05) is 13.1 Å². The molecule has 0 N–H and O–H groups in total. The van der Waals surface area contributed by atoms with E-state index in [4.69, 9.17) is 0 Å². The van der Waals surface area contributed by atoms with Gasteiger partial charge in [0.1, 0.15) is 0 Å². The number of imide groups is 2. The summed E-state index contributed by atoms with van der Waals surface area (Å²) in [7, 11) is 0. The molecule has 0 radical (unpaired) electrons. The van der Waals surface area contributed by atoms with Gasteiger partial charge in [0.05, 0.1) is 0 Å². The van der Waals surface area contributed by atoms with Crippen LogP contribution < -0.4 is 0 Å². The predicted molar refractivity (Wildman–Crippen MR) is 278 cm³/mol. The fourth-order valence-electron chi connectivity index (χ4n) is 10.7. The van der Waals surface area contributed by atoms with Gasteiger partial charge in [0.15, 0.2) is 0 Å². The number of rotatable bonds is 16. The number of unbranched alkanes of at least 4 members (excludes halogenated alkanes) is 2. The summed E-state index contributed by atoms with van der Waals surface area (Å²) in [4.78, 5) is 69.5. The Morgan fingerprint density at radius 2 is 0.833 bits per heavy atom. The monoisotopic (exact) mass is 942 g/mol. The number of hydrogen-bond donors (Lipinski definition) is 0. The Morgan fingerprint density at radius 1 is 0.424 bits per heavy atom. The molecule has 0 saturated heterocycles. The third-order valence-corrected chi connectivity index (χ3v) is 18.6. The van der Waals surface area contributed by atoms with Gasteiger partial charge in [0, 0.05) is 86.5 Å². The summed E-state index contributed by atoms with van der Waals surface area (Å²) in [6.07, 6.45) is 7.90. The molecule has 0 aliphatic carbocycles. The van der Waals surface area contributed by atoms with Crippen LogP contribution in [0.1, 0.15) is 120 Å². The summed E-state index contributed by atoms with van der Waals surface area (Å²) in [5.74, 6) is -0.584. The van der Waals surface area contributed by atoms with Gasteiger partial charge in [-0.3, -0.25) is 29.0 Å². The Balaban J connectivity index is 1.23. The van der Waals surface area contributed by atoms with Crippen molar-refractivity contribution in [3.8, 4) is 40.4 Å². The molecule has 2 unspecified atom stereocenters.